The first-order valence-electron chi connectivity index (χ1n) is 8.20. The van der Waals surface area contributed by atoms with Gasteiger partial charge in [-0.15, -0.1) is 0 Å². The summed E-state index contributed by atoms with van der Waals surface area (Å²) in [6.07, 6.45) is 9.98. The van der Waals surface area contributed by atoms with Crippen molar-refractivity contribution in [3.05, 3.63) is 54.2 Å². The molecule has 0 aliphatic carbocycles. The number of pyridine rings is 1. The average Bonchev–Trinajstić information content (AvgIpc) is 3.19. The van der Waals surface area contributed by atoms with Gasteiger partial charge in [0.15, 0.2) is 0 Å². The largest absolute Gasteiger partial charge is 0.472 e. The Morgan fingerprint density at radius 3 is 2.74 bits per heavy atom. The van der Waals surface area contributed by atoms with Crippen LogP contribution in [0.25, 0.3) is 0 Å². The number of likely N-dealkylation sites (tertiary alicyclic amines) is 1. The highest BCUT2D eigenvalue weighted by molar-refractivity contribution is 5.87. The molecule has 23 heavy (non-hydrogen) atoms. The van der Waals surface area contributed by atoms with E-state index in [4.69, 9.17) is 4.42 Å². The lowest BCUT2D eigenvalue weighted by Crippen LogP contribution is -2.50. The van der Waals surface area contributed by atoms with Crippen LogP contribution in [0.15, 0.2) is 47.5 Å². The van der Waals surface area contributed by atoms with Crippen LogP contribution < -0.4 is 5.32 Å². The molecule has 2 aromatic heterocycles. The minimum absolute atomic E-state index is 0.0292. The van der Waals surface area contributed by atoms with E-state index in [-0.39, 0.29) is 17.4 Å². The molecule has 120 valence electrons. The zero-order valence-corrected chi connectivity index (χ0v) is 13.1. The van der Waals surface area contributed by atoms with Crippen molar-refractivity contribution in [3.63, 3.8) is 0 Å². The number of piperidine rings is 1. The molecule has 5 nitrogen and oxygen atoms in total. The predicted molar refractivity (Wildman–Crippen MR) is 85.7 cm³/mol. The van der Waals surface area contributed by atoms with Crippen LogP contribution in [0.1, 0.15) is 36.3 Å². The Morgan fingerprint density at radius 1 is 1.26 bits per heavy atom. The number of furan rings is 1. The Morgan fingerprint density at radius 2 is 2.04 bits per heavy atom. The van der Waals surface area contributed by atoms with E-state index in [1.807, 2.05) is 18.2 Å². The normalized spacial score (nSPS) is 24.0. The summed E-state index contributed by atoms with van der Waals surface area (Å²) in [5.74, 6) is 0.137. The second-order valence-corrected chi connectivity index (χ2v) is 6.71. The first-order chi connectivity index (χ1) is 11.2. The Hall–Kier alpha value is -2.14. The SMILES string of the molecule is O=C1NC2(CCN(Cc3ccoc3)CC2)C[C@H]1c1ccncc1. The van der Waals surface area contributed by atoms with Gasteiger partial charge in [-0.05, 0) is 43.0 Å². The lowest BCUT2D eigenvalue weighted by molar-refractivity contribution is -0.121. The van der Waals surface area contributed by atoms with Crippen LogP contribution in [0.4, 0.5) is 0 Å². The van der Waals surface area contributed by atoms with Gasteiger partial charge >= 0.3 is 0 Å². The molecular weight excluding hydrogens is 290 g/mol. The van der Waals surface area contributed by atoms with E-state index in [9.17, 15) is 4.79 Å². The minimum atomic E-state index is -0.0298. The highest BCUT2D eigenvalue weighted by Crippen LogP contribution is 2.39. The maximum atomic E-state index is 12.4. The van der Waals surface area contributed by atoms with Gasteiger partial charge in [-0.1, -0.05) is 0 Å². The van der Waals surface area contributed by atoms with Crippen LogP contribution in [0.3, 0.4) is 0 Å². The maximum Gasteiger partial charge on any atom is 0.228 e. The second kappa shape index (κ2) is 5.81. The predicted octanol–water partition coefficient (Wildman–Crippen LogP) is 2.31. The van der Waals surface area contributed by atoms with Crippen LogP contribution in [-0.2, 0) is 11.3 Å². The Labute approximate surface area is 135 Å². The van der Waals surface area contributed by atoms with Crippen molar-refractivity contribution in [1.82, 2.24) is 15.2 Å². The molecule has 5 heteroatoms. The number of carbonyl (C=O) groups is 1. The van der Waals surface area contributed by atoms with Gasteiger partial charge in [0.05, 0.1) is 18.4 Å². The fourth-order valence-corrected chi connectivity index (χ4v) is 3.86. The third-order valence-corrected chi connectivity index (χ3v) is 5.21. The monoisotopic (exact) mass is 311 g/mol. The van der Waals surface area contributed by atoms with Crippen LogP contribution in [0, 0.1) is 0 Å². The second-order valence-electron chi connectivity index (χ2n) is 6.71. The van der Waals surface area contributed by atoms with E-state index < -0.39 is 0 Å². The molecule has 2 fully saturated rings. The summed E-state index contributed by atoms with van der Waals surface area (Å²) in [5.41, 5.74) is 2.26. The molecule has 0 radical (unpaired) electrons. The van der Waals surface area contributed by atoms with E-state index in [2.05, 4.69) is 15.2 Å². The highest BCUT2D eigenvalue weighted by atomic mass is 16.3. The number of hydrogen-bond donors (Lipinski definition) is 1. The van der Waals surface area contributed by atoms with Gasteiger partial charge in [-0.25, -0.2) is 0 Å². The van der Waals surface area contributed by atoms with E-state index >= 15 is 0 Å². The van der Waals surface area contributed by atoms with Crippen molar-refractivity contribution in [2.75, 3.05) is 13.1 Å². The number of nitrogens with one attached hydrogen (secondary N) is 1. The van der Waals surface area contributed by atoms with Crippen molar-refractivity contribution in [3.8, 4) is 0 Å². The van der Waals surface area contributed by atoms with E-state index in [0.717, 1.165) is 44.5 Å². The van der Waals surface area contributed by atoms with E-state index in [1.54, 1.807) is 24.9 Å². The minimum Gasteiger partial charge on any atom is -0.472 e. The van der Waals surface area contributed by atoms with Crippen molar-refractivity contribution in [1.29, 1.82) is 0 Å². The average molecular weight is 311 g/mol. The zero-order chi connectivity index (χ0) is 15.7. The van der Waals surface area contributed by atoms with Crippen LogP contribution in [-0.4, -0.2) is 34.4 Å². The molecule has 0 aromatic carbocycles. The fourth-order valence-electron chi connectivity index (χ4n) is 3.86. The molecule has 0 bridgehead atoms. The van der Waals surface area contributed by atoms with Crippen molar-refractivity contribution in [2.45, 2.75) is 37.3 Å². The molecule has 0 saturated carbocycles. The number of hydrogen-bond acceptors (Lipinski definition) is 4. The Balaban J connectivity index is 1.40. The van der Waals surface area contributed by atoms with Gasteiger partial charge in [0.25, 0.3) is 0 Å². The lowest BCUT2D eigenvalue weighted by atomic mass is 9.82. The molecule has 0 unspecified atom stereocenters. The summed E-state index contributed by atoms with van der Waals surface area (Å²) in [6, 6.07) is 5.93. The number of nitrogens with zero attached hydrogens (tertiary/aromatic N) is 2. The van der Waals surface area contributed by atoms with Gasteiger partial charge < -0.3 is 9.73 Å². The molecule has 4 rings (SSSR count). The van der Waals surface area contributed by atoms with E-state index in [1.165, 1.54) is 5.56 Å². The molecular formula is C18H21N3O2. The highest BCUT2D eigenvalue weighted by Gasteiger charge is 2.46. The third kappa shape index (κ3) is 2.88. The molecule has 2 aromatic rings. The third-order valence-electron chi connectivity index (χ3n) is 5.21. The van der Waals surface area contributed by atoms with Gasteiger partial charge in [-0.3, -0.25) is 14.7 Å². The van der Waals surface area contributed by atoms with Gasteiger partial charge in [-0.2, -0.15) is 0 Å². The first kappa shape index (κ1) is 14.5. The topological polar surface area (TPSA) is 58.4 Å². The quantitative estimate of drug-likeness (QED) is 0.945. The van der Waals surface area contributed by atoms with Gasteiger partial charge in [0, 0.05) is 43.1 Å². The molecule has 2 saturated heterocycles. The number of amides is 1. The standard InChI is InChI=1S/C18H21N3O2/c22-17-16(15-1-6-19-7-2-15)11-18(20-17)4-8-21(9-5-18)12-14-3-10-23-13-14/h1-3,6-7,10,13,16H,4-5,8-9,11-12H2,(H,20,22)/t16-/m0/s1. The summed E-state index contributed by atoms with van der Waals surface area (Å²) in [5, 5.41) is 3.29. The van der Waals surface area contributed by atoms with Crippen LogP contribution >= 0.6 is 0 Å². The number of rotatable bonds is 3. The molecule has 4 heterocycles. The van der Waals surface area contributed by atoms with E-state index in [0.29, 0.717) is 0 Å². The summed E-state index contributed by atoms with van der Waals surface area (Å²) >= 11 is 0. The molecule has 1 atom stereocenters. The maximum absolute atomic E-state index is 12.4. The zero-order valence-electron chi connectivity index (χ0n) is 13.1. The summed E-state index contributed by atoms with van der Waals surface area (Å²) in [7, 11) is 0. The van der Waals surface area contributed by atoms with Crippen molar-refractivity contribution in [2.24, 2.45) is 0 Å². The number of aromatic nitrogens is 1. The van der Waals surface area contributed by atoms with Crippen LogP contribution in [0.5, 0.6) is 0 Å². The molecule has 1 amide bonds. The Bertz CT molecular complexity index is 661. The summed E-state index contributed by atoms with van der Waals surface area (Å²) in [6.45, 7) is 2.94. The molecule has 2 aliphatic heterocycles. The van der Waals surface area contributed by atoms with Crippen molar-refractivity contribution >= 4 is 5.91 Å². The lowest BCUT2D eigenvalue weighted by Gasteiger charge is -2.39. The first-order valence-corrected chi connectivity index (χ1v) is 8.20. The summed E-state index contributed by atoms with van der Waals surface area (Å²) < 4.78 is 5.14. The summed E-state index contributed by atoms with van der Waals surface area (Å²) in [4.78, 5) is 18.9. The Kier molecular flexibility index (Phi) is 3.65. The van der Waals surface area contributed by atoms with Gasteiger partial charge in [0.1, 0.15) is 0 Å². The molecule has 2 aliphatic rings. The molecule has 1 spiro atoms. The smallest absolute Gasteiger partial charge is 0.228 e. The van der Waals surface area contributed by atoms with Crippen LogP contribution in [0.2, 0.25) is 0 Å². The fraction of sp³-hybridized carbons (Fsp3) is 0.444. The number of carbonyl (C=O) groups excluding carboxylic acids is 1. The van der Waals surface area contributed by atoms with Gasteiger partial charge in [0.2, 0.25) is 5.91 Å². The van der Waals surface area contributed by atoms with Crippen molar-refractivity contribution < 1.29 is 9.21 Å². The molecule has 1 N–H and O–H groups in total.